The third kappa shape index (κ3) is 4.33. The molecule has 2 aromatic rings. The van der Waals surface area contributed by atoms with Gasteiger partial charge < -0.3 is 15.6 Å². The topological polar surface area (TPSA) is 94.0 Å². The van der Waals surface area contributed by atoms with E-state index in [4.69, 9.17) is 10.3 Å². The zero-order valence-electron chi connectivity index (χ0n) is 13.6. The van der Waals surface area contributed by atoms with Crippen LogP contribution in [0.25, 0.3) is 0 Å². The lowest BCUT2D eigenvalue weighted by atomic mass is 10.0. The van der Waals surface area contributed by atoms with Crippen molar-refractivity contribution in [1.29, 1.82) is 0 Å². The first-order chi connectivity index (χ1) is 11.1. The van der Waals surface area contributed by atoms with Crippen LogP contribution in [0.4, 0.5) is 0 Å². The van der Waals surface area contributed by atoms with Crippen molar-refractivity contribution in [2.24, 2.45) is 11.7 Å². The first-order valence-corrected chi connectivity index (χ1v) is 8.06. The molecule has 0 radical (unpaired) electrons. The van der Waals surface area contributed by atoms with Gasteiger partial charge in [0.15, 0.2) is 5.82 Å². The van der Waals surface area contributed by atoms with Gasteiger partial charge in [0.2, 0.25) is 11.8 Å². The van der Waals surface area contributed by atoms with E-state index in [-0.39, 0.29) is 36.3 Å². The van der Waals surface area contributed by atoms with Gasteiger partial charge in [-0.15, -0.1) is 12.4 Å². The Labute approximate surface area is 147 Å². The van der Waals surface area contributed by atoms with Gasteiger partial charge in [-0.3, -0.25) is 4.79 Å². The van der Waals surface area contributed by atoms with E-state index in [1.807, 2.05) is 37.3 Å². The second-order valence-electron chi connectivity index (χ2n) is 6.14. The van der Waals surface area contributed by atoms with Crippen molar-refractivity contribution in [1.82, 2.24) is 15.5 Å². The molecule has 6 nitrogen and oxygen atoms in total. The van der Waals surface area contributed by atoms with E-state index < -0.39 is 0 Å². The maximum atomic E-state index is 12.3. The SMILES string of the molecule is CC(NC(=O)C1CCCC1N)c1noc(Cc2ccccc2)n1.Cl. The molecule has 0 bridgehead atoms. The molecule has 7 heteroatoms. The zero-order chi connectivity index (χ0) is 16.2. The van der Waals surface area contributed by atoms with Gasteiger partial charge >= 0.3 is 0 Å². The number of hydrogen-bond donors (Lipinski definition) is 2. The molecule has 3 atom stereocenters. The van der Waals surface area contributed by atoms with Crippen molar-refractivity contribution in [3.63, 3.8) is 0 Å². The van der Waals surface area contributed by atoms with Gasteiger partial charge in [-0.2, -0.15) is 4.98 Å². The minimum absolute atomic E-state index is 0. The minimum atomic E-state index is -0.288. The number of rotatable bonds is 5. The van der Waals surface area contributed by atoms with Gasteiger partial charge in [0.1, 0.15) is 0 Å². The molecule has 0 saturated heterocycles. The Hall–Kier alpha value is -1.92. The molecule has 1 aliphatic rings. The molecule has 0 aliphatic heterocycles. The van der Waals surface area contributed by atoms with Gasteiger partial charge in [-0.25, -0.2) is 0 Å². The van der Waals surface area contributed by atoms with Gasteiger partial charge in [-0.05, 0) is 25.3 Å². The normalized spacial score (nSPS) is 21.1. The summed E-state index contributed by atoms with van der Waals surface area (Å²) in [7, 11) is 0. The first-order valence-electron chi connectivity index (χ1n) is 8.06. The highest BCUT2D eigenvalue weighted by molar-refractivity contribution is 5.85. The fourth-order valence-corrected chi connectivity index (χ4v) is 2.99. The summed E-state index contributed by atoms with van der Waals surface area (Å²) in [6, 6.07) is 9.60. The second kappa shape index (κ2) is 8.26. The molecule has 1 saturated carbocycles. The number of nitrogens with zero attached hydrogens (tertiary/aromatic N) is 2. The number of halogens is 1. The zero-order valence-corrected chi connectivity index (χ0v) is 14.5. The Balaban J connectivity index is 0.00000208. The quantitative estimate of drug-likeness (QED) is 0.863. The molecule has 3 rings (SSSR count). The standard InChI is InChI=1S/C17H22N4O2.ClH/c1-11(19-17(22)13-8-5-9-14(13)18)16-20-15(23-21-16)10-12-6-3-2-4-7-12;/h2-4,6-7,11,13-14H,5,8-10,18H2,1H3,(H,19,22);1H. The third-order valence-corrected chi connectivity index (χ3v) is 4.33. The van der Waals surface area contributed by atoms with E-state index in [0.29, 0.717) is 18.1 Å². The van der Waals surface area contributed by atoms with E-state index in [9.17, 15) is 4.79 Å². The van der Waals surface area contributed by atoms with Crippen LogP contribution in [0.5, 0.6) is 0 Å². The van der Waals surface area contributed by atoms with Gasteiger partial charge in [0.25, 0.3) is 0 Å². The highest BCUT2D eigenvalue weighted by Crippen LogP contribution is 2.25. The second-order valence-corrected chi connectivity index (χ2v) is 6.14. The van der Waals surface area contributed by atoms with Crippen LogP contribution >= 0.6 is 12.4 Å². The summed E-state index contributed by atoms with van der Waals surface area (Å²) in [5.41, 5.74) is 7.08. The van der Waals surface area contributed by atoms with E-state index in [2.05, 4.69) is 15.5 Å². The smallest absolute Gasteiger partial charge is 0.231 e. The molecule has 3 unspecified atom stereocenters. The number of hydrogen-bond acceptors (Lipinski definition) is 5. The lowest BCUT2D eigenvalue weighted by molar-refractivity contribution is -0.125. The predicted molar refractivity (Wildman–Crippen MR) is 92.7 cm³/mol. The highest BCUT2D eigenvalue weighted by Gasteiger charge is 2.31. The van der Waals surface area contributed by atoms with Gasteiger partial charge in [-0.1, -0.05) is 41.9 Å². The van der Waals surface area contributed by atoms with Crippen molar-refractivity contribution in [2.75, 3.05) is 0 Å². The van der Waals surface area contributed by atoms with E-state index in [1.165, 1.54) is 0 Å². The third-order valence-electron chi connectivity index (χ3n) is 4.33. The van der Waals surface area contributed by atoms with Crippen molar-refractivity contribution in [2.45, 2.75) is 44.7 Å². The van der Waals surface area contributed by atoms with Crippen molar-refractivity contribution in [3.8, 4) is 0 Å². The largest absolute Gasteiger partial charge is 0.346 e. The van der Waals surface area contributed by atoms with Crippen LogP contribution in [-0.2, 0) is 11.2 Å². The maximum absolute atomic E-state index is 12.3. The maximum Gasteiger partial charge on any atom is 0.231 e. The Bertz CT molecular complexity index is 662. The van der Waals surface area contributed by atoms with Crippen molar-refractivity contribution < 1.29 is 9.32 Å². The minimum Gasteiger partial charge on any atom is -0.346 e. The van der Waals surface area contributed by atoms with Crippen LogP contribution in [0.3, 0.4) is 0 Å². The predicted octanol–water partition coefficient (Wildman–Crippen LogP) is 2.39. The fraction of sp³-hybridized carbons (Fsp3) is 0.471. The molecular weight excluding hydrogens is 328 g/mol. The van der Waals surface area contributed by atoms with Gasteiger partial charge in [0.05, 0.1) is 18.4 Å². The Morgan fingerprint density at radius 1 is 1.38 bits per heavy atom. The number of carbonyl (C=O) groups is 1. The van der Waals surface area contributed by atoms with Crippen molar-refractivity contribution >= 4 is 18.3 Å². The van der Waals surface area contributed by atoms with Crippen LogP contribution in [0.15, 0.2) is 34.9 Å². The highest BCUT2D eigenvalue weighted by atomic mass is 35.5. The summed E-state index contributed by atoms with van der Waals surface area (Å²) in [6.45, 7) is 1.86. The molecule has 130 valence electrons. The van der Waals surface area contributed by atoms with Gasteiger partial charge in [0, 0.05) is 6.04 Å². The summed E-state index contributed by atoms with van der Waals surface area (Å²) in [5.74, 6) is 0.922. The fourth-order valence-electron chi connectivity index (χ4n) is 2.99. The van der Waals surface area contributed by atoms with E-state index in [0.717, 1.165) is 24.8 Å². The molecule has 1 aromatic heterocycles. The number of nitrogens with one attached hydrogen (secondary N) is 1. The van der Waals surface area contributed by atoms with Crippen LogP contribution in [0.2, 0.25) is 0 Å². The van der Waals surface area contributed by atoms with E-state index >= 15 is 0 Å². The summed E-state index contributed by atoms with van der Waals surface area (Å²) >= 11 is 0. The summed E-state index contributed by atoms with van der Waals surface area (Å²) in [6.07, 6.45) is 3.36. The summed E-state index contributed by atoms with van der Waals surface area (Å²) in [5, 5.41) is 6.92. The molecule has 1 aliphatic carbocycles. The molecule has 1 heterocycles. The molecule has 1 aromatic carbocycles. The number of nitrogens with two attached hydrogens (primary N) is 1. The average molecular weight is 351 g/mol. The molecular formula is C17H23ClN4O2. The molecule has 1 fully saturated rings. The lowest BCUT2D eigenvalue weighted by Crippen LogP contribution is -2.39. The number of aromatic nitrogens is 2. The van der Waals surface area contributed by atoms with E-state index in [1.54, 1.807) is 0 Å². The molecule has 3 N–H and O–H groups in total. The first kappa shape index (κ1) is 18.4. The molecule has 0 spiro atoms. The van der Waals surface area contributed by atoms with Crippen LogP contribution in [0, 0.1) is 5.92 Å². The number of amides is 1. The Morgan fingerprint density at radius 2 is 2.12 bits per heavy atom. The Kier molecular flexibility index (Phi) is 6.34. The average Bonchev–Trinajstić information content (AvgIpc) is 3.17. The van der Waals surface area contributed by atoms with Crippen LogP contribution in [0.1, 0.15) is 49.5 Å². The van der Waals surface area contributed by atoms with Crippen LogP contribution in [-0.4, -0.2) is 22.1 Å². The lowest BCUT2D eigenvalue weighted by Gasteiger charge is -2.17. The molecule has 24 heavy (non-hydrogen) atoms. The van der Waals surface area contributed by atoms with Crippen molar-refractivity contribution in [3.05, 3.63) is 47.6 Å². The summed E-state index contributed by atoms with van der Waals surface area (Å²) < 4.78 is 5.28. The number of carbonyl (C=O) groups excluding carboxylic acids is 1. The van der Waals surface area contributed by atoms with Crippen LogP contribution < -0.4 is 11.1 Å². The molecule has 1 amide bonds. The Morgan fingerprint density at radius 3 is 2.79 bits per heavy atom. The summed E-state index contributed by atoms with van der Waals surface area (Å²) in [4.78, 5) is 16.6. The monoisotopic (exact) mass is 350 g/mol. The number of benzene rings is 1.